The average molecular weight is 268 g/mol. The third kappa shape index (κ3) is 2.68. The molecule has 18 heavy (non-hydrogen) atoms. The summed E-state index contributed by atoms with van der Waals surface area (Å²) in [6, 6.07) is 6.96. The number of nitriles is 1. The van der Waals surface area contributed by atoms with E-state index in [0.29, 0.717) is 16.3 Å². The summed E-state index contributed by atoms with van der Waals surface area (Å²) in [5, 5.41) is 10.7. The standard InChI is InChI=1S/C12H7F3N2S/c13-12(14,15)9-3-1-2-8(6-9)11-17-10(4-5-16)7-18-11/h1-3,6-7H,4H2. The maximum atomic E-state index is 12.5. The molecule has 2 nitrogen and oxygen atoms in total. The highest BCUT2D eigenvalue weighted by Gasteiger charge is 2.30. The van der Waals surface area contributed by atoms with E-state index in [1.807, 2.05) is 6.07 Å². The number of benzene rings is 1. The molecule has 0 N–H and O–H groups in total. The molecule has 0 saturated carbocycles. The van der Waals surface area contributed by atoms with Gasteiger partial charge in [-0.3, -0.25) is 0 Å². The molecule has 1 aromatic heterocycles. The molecule has 0 bridgehead atoms. The lowest BCUT2D eigenvalue weighted by Crippen LogP contribution is -2.04. The van der Waals surface area contributed by atoms with E-state index in [9.17, 15) is 13.2 Å². The summed E-state index contributed by atoms with van der Waals surface area (Å²) in [4.78, 5) is 4.12. The predicted molar refractivity (Wildman–Crippen MR) is 61.9 cm³/mol. The molecule has 1 heterocycles. The molecule has 0 aliphatic carbocycles. The smallest absolute Gasteiger partial charge is 0.240 e. The Kier molecular flexibility index (Phi) is 3.34. The molecule has 1 aromatic carbocycles. The lowest BCUT2D eigenvalue weighted by atomic mass is 10.1. The van der Waals surface area contributed by atoms with Crippen molar-refractivity contribution in [3.63, 3.8) is 0 Å². The Morgan fingerprint density at radius 2 is 2.11 bits per heavy atom. The fraction of sp³-hybridized carbons (Fsp3) is 0.167. The molecular formula is C12H7F3N2S. The molecule has 0 radical (unpaired) electrons. The molecule has 6 heteroatoms. The minimum absolute atomic E-state index is 0.162. The highest BCUT2D eigenvalue weighted by molar-refractivity contribution is 7.13. The van der Waals surface area contributed by atoms with Gasteiger partial charge < -0.3 is 0 Å². The first-order valence-corrected chi connectivity index (χ1v) is 5.87. The van der Waals surface area contributed by atoms with Gasteiger partial charge in [0.2, 0.25) is 0 Å². The van der Waals surface area contributed by atoms with Crippen LogP contribution in [-0.2, 0) is 12.6 Å². The molecule has 2 rings (SSSR count). The van der Waals surface area contributed by atoms with Gasteiger partial charge in [0.25, 0.3) is 0 Å². The highest BCUT2D eigenvalue weighted by atomic mass is 32.1. The minimum Gasteiger partial charge on any atom is -0.240 e. The molecule has 2 aromatic rings. The zero-order valence-electron chi connectivity index (χ0n) is 9.03. The maximum absolute atomic E-state index is 12.5. The number of hydrogen-bond acceptors (Lipinski definition) is 3. The van der Waals surface area contributed by atoms with Crippen LogP contribution in [0.2, 0.25) is 0 Å². The van der Waals surface area contributed by atoms with Crippen LogP contribution in [0.25, 0.3) is 10.6 Å². The summed E-state index contributed by atoms with van der Waals surface area (Å²) in [5.74, 6) is 0. The third-order valence-electron chi connectivity index (χ3n) is 2.25. The monoisotopic (exact) mass is 268 g/mol. The highest BCUT2D eigenvalue weighted by Crippen LogP contribution is 2.33. The SMILES string of the molecule is N#CCc1csc(-c2cccc(C(F)(F)F)c2)n1. The number of thiazole rings is 1. The maximum Gasteiger partial charge on any atom is 0.416 e. The first-order valence-electron chi connectivity index (χ1n) is 4.99. The molecule has 0 unspecified atom stereocenters. The van der Waals surface area contributed by atoms with Crippen molar-refractivity contribution in [2.75, 3.05) is 0 Å². The van der Waals surface area contributed by atoms with E-state index in [2.05, 4.69) is 4.98 Å². The number of aromatic nitrogens is 1. The van der Waals surface area contributed by atoms with Crippen molar-refractivity contribution in [2.45, 2.75) is 12.6 Å². The summed E-state index contributed by atoms with van der Waals surface area (Å²) in [7, 11) is 0. The van der Waals surface area contributed by atoms with E-state index in [1.165, 1.54) is 17.4 Å². The molecule has 0 aliphatic rings. The molecular weight excluding hydrogens is 261 g/mol. The Morgan fingerprint density at radius 3 is 2.78 bits per heavy atom. The van der Waals surface area contributed by atoms with E-state index in [4.69, 9.17) is 5.26 Å². The first-order chi connectivity index (χ1) is 8.50. The van der Waals surface area contributed by atoms with Crippen LogP contribution in [0.4, 0.5) is 13.2 Å². The summed E-state index contributed by atoms with van der Waals surface area (Å²) in [6.07, 6.45) is -4.20. The first kappa shape index (κ1) is 12.6. The second kappa shape index (κ2) is 4.78. The van der Waals surface area contributed by atoms with Crippen molar-refractivity contribution in [3.05, 3.63) is 40.9 Å². The fourth-order valence-electron chi connectivity index (χ4n) is 1.43. The van der Waals surface area contributed by atoms with Gasteiger partial charge in [-0.25, -0.2) is 4.98 Å². The van der Waals surface area contributed by atoms with Gasteiger partial charge in [0.05, 0.1) is 23.7 Å². The lowest BCUT2D eigenvalue weighted by Gasteiger charge is -2.07. The van der Waals surface area contributed by atoms with Crippen LogP contribution >= 0.6 is 11.3 Å². The Bertz CT molecular complexity index is 596. The second-order valence-corrected chi connectivity index (χ2v) is 4.42. The average Bonchev–Trinajstić information content (AvgIpc) is 2.77. The minimum atomic E-state index is -4.36. The van der Waals surface area contributed by atoms with Crippen LogP contribution in [0.5, 0.6) is 0 Å². The fourth-order valence-corrected chi connectivity index (χ4v) is 2.25. The van der Waals surface area contributed by atoms with Crippen LogP contribution in [0.3, 0.4) is 0 Å². The number of halogens is 3. The van der Waals surface area contributed by atoms with E-state index < -0.39 is 11.7 Å². The summed E-state index contributed by atoms with van der Waals surface area (Å²) in [6.45, 7) is 0. The topological polar surface area (TPSA) is 36.7 Å². The van der Waals surface area contributed by atoms with Gasteiger partial charge in [0.1, 0.15) is 5.01 Å². The van der Waals surface area contributed by atoms with Gasteiger partial charge in [-0.2, -0.15) is 18.4 Å². The quantitative estimate of drug-likeness (QED) is 0.828. The Hall–Kier alpha value is -1.87. The second-order valence-electron chi connectivity index (χ2n) is 3.56. The van der Waals surface area contributed by atoms with Gasteiger partial charge in [0, 0.05) is 10.9 Å². The summed E-state index contributed by atoms with van der Waals surface area (Å²) >= 11 is 1.23. The van der Waals surface area contributed by atoms with Crippen LogP contribution in [0, 0.1) is 11.3 Å². The molecule has 0 saturated heterocycles. The van der Waals surface area contributed by atoms with E-state index >= 15 is 0 Å². The zero-order chi connectivity index (χ0) is 13.2. The molecule has 0 spiro atoms. The number of alkyl halides is 3. The van der Waals surface area contributed by atoms with Crippen molar-refractivity contribution in [1.29, 1.82) is 5.26 Å². The normalized spacial score (nSPS) is 11.2. The number of rotatable bonds is 2. The Balaban J connectivity index is 2.36. The Morgan fingerprint density at radius 1 is 1.33 bits per heavy atom. The van der Waals surface area contributed by atoms with E-state index in [1.54, 1.807) is 11.4 Å². The predicted octanol–water partition coefficient (Wildman–Crippen LogP) is 3.89. The van der Waals surface area contributed by atoms with Gasteiger partial charge >= 0.3 is 6.18 Å². The van der Waals surface area contributed by atoms with Crippen LogP contribution in [-0.4, -0.2) is 4.98 Å². The molecule has 0 aliphatic heterocycles. The van der Waals surface area contributed by atoms with Gasteiger partial charge in [0.15, 0.2) is 0 Å². The van der Waals surface area contributed by atoms with E-state index in [-0.39, 0.29) is 6.42 Å². The molecule has 0 amide bonds. The molecule has 0 atom stereocenters. The van der Waals surface area contributed by atoms with Gasteiger partial charge in [-0.1, -0.05) is 12.1 Å². The van der Waals surface area contributed by atoms with Crippen LogP contribution in [0.1, 0.15) is 11.3 Å². The van der Waals surface area contributed by atoms with Crippen molar-refractivity contribution in [2.24, 2.45) is 0 Å². The number of nitrogens with zero attached hydrogens (tertiary/aromatic N) is 2. The summed E-state index contributed by atoms with van der Waals surface area (Å²) < 4.78 is 37.6. The van der Waals surface area contributed by atoms with Gasteiger partial charge in [-0.05, 0) is 12.1 Å². The lowest BCUT2D eigenvalue weighted by molar-refractivity contribution is -0.137. The van der Waals surface area contributed by atoms with Crippen molar-refractivity contribution in [3.8, 4) is 16.6 Å². The zero-order valence-corrected chi connectivity index (χ0v) is 9.85. The van der Waals surface area contributed by atoms with Crippen molar-refractivity contribution >= 4 is 11.3 Å². The van der Waals surface area contributed by atoms with E-state index in [0.717, 1.165) is 12.1 Å². The molecule has 92 valence electrons. The van der Waals surface area contributed by atoms with Crippen LogP contribution in [0.15, 0.2) is 29.6 Å². The Labute approximate surface area is 105 Å². The van der Waals surface area contributed by atoms with Crippen LogP contribution < -0.4 is 0 Å². The van der Waals surface area contributed by atoms with Gasteiger partial charge in [-0.15, -0.1) is 11.3 Å². The third-order valence-corrected chi connectivity index (χ3v) is 3.19. The largest absolute Gasteiger partial charge is 0.416 e. The summed E-state index contributed by atoms with van der Waals surface area (Å²) in [5.41, 5.74) is 0.297. The van der Waals surface area contributed by atoms with Crippen molar-refractivity contribution < 1.29 is 13.2 Å². The number of hydrogen-bond donors (Lipinski definition) is 0. The molecule has 0 fully saturated rings. The van der Waals surface area contributed by atoms with Crippen molar-refractivity contribution in [1.82, 2.24) is 4.98 Å².